The molecule has 0 aliphatic heterocycles. The van der Waals surface area contributed by atoms with E-state index in [0.717, 1.165) is 16.7 Å². The summed E-state index contributed by atoms with van der Waals surface area (Å²) in [6.07, 6.45) is 3.33. The minimum Gasteiger partial charge on any atom is -0.456 e. The molecular formula is C27H24N2O3. The quantitative estimate of drug-likeness (QED) is 0.384. The molecule has 0 radical (unpaired) electrons. The monoisotopic (exact) mass is 424 g/mol. The lowest BCUT2D eigenvalue weighted by atomic mass is 10.1. The first kappa shape index (κ1) is 21.3. The summed E-state index contributed by atoms with van der Waals surface area (Å²) in [5.74, 6) is 1.17. The molecule has 4 aromatic rings. The Morgan fingerprint density at radius 3 is 2.09 bits per heavy atom. The van der Waals surface area contributed by atoms with Crippen LogP contribution in [-0.2, 0) is 24.5 Å². The Kier molecular flexibility index (Phi) is 7.24. The van der Waals surface area contributed by atoms with Crippen molar-refractivity contribution in [2.45, 2.75) is 19.8 Å². The van der Waals surface area contributed by atoms with E-state index in [1.165, 1.54) is 0 Å². The van der Waals surface area contributed by atoms with E-state index in [2.05, 4.69) is 10.3 Å². The molecule has 0 saturated heterocycles. The van der Waals surface area contributed by atoms with E-state index >= 15 is 0 Å². The molecule has 0 atom stereocenters. The van der Waals surface area contributed by atoms with Gasteiger partial charge in [0.1, 0.15) is 11.5 Å². The van der Waals surface area contributed by atoms with E-state index in [4.69, 9.17) is 9.47 Å². The number of nitrogens with zero attached hydrogens (tertiary/aromatic N) is 1. The van der Waals surface area contributed by atoms with Crippen molar-refractivity contribution < 1.29 is 14.3 Å². The minimum absolute atomic E-state index is 0.131. The van der Waals surface area contributed by atoms with E-state index in [9.17, 15) is 4.79 Å². The van der Waals surface area contributed by atoms with Gasteiger partial charge in [0, 0.05) is 18.3 Å². The van der Waals surface area contributed by atoms with E-state index in [1.807, 2.05) is 60.7 Å². The van der Waals surface area contributed by atoms with Gasteiger partial charge in [-0.3, -0.25) is 9.78 Å². The van der Waals surface area contributed by atoms with E-state index in [-0.39, 0.29) is 5.91 Å². The van der Waals surface area contributed by atoms with Gasteiger partial charge in [0.15, 0.2) is 0 Å². The molecule has 5 heteroatoms. The smallest absolute Gasteiger partial charge is 0.251 e. The SMILES string of the molecule is O=C(NCc1ccc(COCc2ccccc2)cc1)c1ccc(Oc2cccnc2)cc1. The second-order valence-corrected chi connectivity index (χ2v) is 7.29. The van der Waals surface area contributed by atoms with Crippen LogP contribution in [0.1, 0.15) is 27.0 Å². The van der Waals surface area contributed by atoms with E-state index in [1.54, 1.807) is 42.7 Å². The molecule has 3 aromatic carbocycles. The van der Waals surface area contributed by atoms with E-state index < -0.39 is 0 Å². The fraction of sp³-hybridized carbons (Fsp3) is 0.111. The number of aromatic nitrogens is 1. The topological polar surface area (TPSA) is 60.5 Å². The average molecular weight is 425 g/mol. The third kappa shape index (κ3) is 6.27. The highest BCUT2D eigenvalue weighted by molar-refractivity contribution is 5.94. The lowest BCUT2D eigenvalue weighted by Crippen LogP contribution is -2.22. The first-order chi connectivity index (χ1) is 15.8. The number of ether oxygens (including phenoxy) is 2. The predicted molar refractivity (Wildman–Crippen MR) is 123 cm³/mol. The van der Waals surface area contributed by atoms with Crippen molar-refractivity contribution in [3.05, 3.63) is 126 Å². The molecule has 1 aromatic heterocycles. The molecule has 0 saturated carbocycles. The summed E-state index contributed by atoms with van der Waals surface area (Å²) < 4.78 is 11.5. The Labute approximate surface area is 187 Å². The van der Waals surface area contributed by atoms with Crippen LogP contribution in [0.3, 0.4) is 0 Å². The largest absolute Gasteiger partial charge is 0.456 e. The number of rotatable bonds is 9. The van der Waals surface area contributed by atoms with Gasteiger partial charge in [-0.15, -0.1) is 0 Å². The van der Waals surface area contributed by atoms with Crippen molar-refractivity contribution in [2.24, 2.45) is 0 Å². The lowest BCUT2D eigenvalue weighted by Gasteiger charge is -2.09. The lowest BCUT2D eigenvalue weighted by molar-refractivity contribution is 0.0950. The Morgan fingerprint density at radius 1 is 0.719 bits per heavy atom. The number of pyridine rings is 1. The van der Waals surface area contributed by atoms with Crippen LogP contribution in [0, 0.1) is 0 Å². The van der Waals surface area contributed by atoms with Crippen LogP contribution < -0.4 is 10.1 Å². The molecule has 160 valence electrons. The molecule has 0 bridgehead atoms. The van der Waals surface area contributed by atoms with Crippen LogP contribution in [0.25, 0.3) is 0 Å². The van der Waals surface area contributed by atoms with E-state index in [0.29, 0.717) is 36.8 Å². The summed E-state index contributed by atoms with van der Waals surface area (Å²) in [7, 11) is 0. The third-order valence-electron chi connectivity index (χ3n) is 4.84. The minimum atomic E-state index is -0.131. The van der Waals surface area contributed by atoms with Gasteiger partial charge in [0.2, 0.25) is 0 Å². The number of carbonyl (C=O) groups is 1. The maximum absolute atomic E-state index is 12.4. The van der Waals surface area contributed by atoms with Crippen molar-refractivity contribution >= 4 is 5.91 Å². The van der Waals surface area contributed by atoms with Crippen LogP contribution in [0.2, 0.25) is 0 Å². The molecule has 5 nitrogen and oxygen atoms in total. The molecule has 0 fully saturated rings. The molecule has 0 aliphatic rings. The first-order valence-corrected chi connectivity index (χ1v) is 10.4. The molecule has 1 heterocycles. The Balaban J connectivity index is 1.23. The summed E-state index contributed by atoms with van der Waals surface area (Å²) >= 11 is 0. The predicted octanol–water partition coefficient (Wildman–Crippen LogP) is 5.52. The van der Waals surface area contributed by atoms with Crippen molar-refractivity contribution in [3.63, 3.8) is 0 Å². The van der Waals surface area contributed by atoms with Gasteiger partial charge < -0.3 is 14.8 Å². The van der Waals surface area contributed by atoms with Gasteiger partial charge >= 0.3 is 0 Å². The number of amides is 1. The normalized spacial score (nSPS) is 10.5. The third-order valence-corrected chi connectivity index (χ3v) is 4.84. The number of benzene rings is 3. The van der Waals surface area contributed by atoms with Crippen molar-refractivity contribution in [1.29, 1.82) is 0 Å². The van der Waals surface area contributed by atoms with Crippen LogP contribution in [0.15, 0.2) is 103 Å². The van der Waals surface area contributed by atoms with Gasteiger partial charge in [0.25, 0.3) is 5.91 Å². The summed E-state index contributed by atoms with van der Waals surface area (Å²) in [5, 5.41) is 2.95. The maximum Gasteiger partial charge on any atom is 0.251 e. The summed E-state index contributed by atoms with van der Waals surface area (Å²) in [6.45, 7) is 1.59. The first-order valence-electron chi connectivity index (χ1n) is 10.4. The van der Waals surface area contributed by atoms with Gasteiger partial charge in [-0.05, 0) is 53.1 Å². The molecule has 0 spiro atoms. The second-order valence-electron chi connectivity index (χ2n) is 7.29. The summed E-state index contributed by atoms with van der Waals surface area (Å²) in [4.78, 5) is 16.5. The summed E-state index contributed by atoms with van der Waals surface area (Å²) in [5.41, 5.74) is 3.86. The second kappa shape index (κ2) is 10.9. The average Bonchev–Trinajstić information content (AvgIpc) is 2.85. The zero-order chi connectivity index (χ0) is 22.0. The molecule has 4 rings (SSSR count). The van der Waals surface area contributed by atoms with Crippen molar-refractivity contribution in [3.8, 4) is 11.5 Å². The molecule has 0 aliphatic carbocycles. The highest BCUT2D eigenvalue weighted by atomic mass is 16.5. The van der Waals surface area contributed by atoms with Crippen LogP contribution in [0.4, 0.5) is 0 Å². The fourth-order valence-electron chi connectivity index (χ4n) is 3.12. The molecule has 0 unspecified atom stereocenters. The number of carbonyl (C=O) groups excluding carboxylic acids is 1. The number of nitrogens with one attached hydrogen (secondary N) is 1. The van der Waals surface area contributed by atoms with Crippen LogP contribution >= 0.6 is 0 Å². The zero-order valence-electron chi connectivity index (χ0n) is 17.6. The maximum atomic E-state index is 12.4. The summed E-state index contributed by atoms with van der Waals surface area (Å²) in [6, 6.07) is 28.8. The van der Waals surface area contributed by atoms with Crippen LogP contribution in [-0.4, -0.2) is 10.9 Å². The fourth-order valence-corrected chi connectivity index (χ4v) is 3.12. The molecule has 1 amide bonds. The Bertz CT molecular complexity index is 1110. The van der Waals surface area contributed by atoms with Gasteiger partial charge in [-0.1, -0.05) is 54.6 Å². The Morgan fingerprint density at radius 2 is 1.41 bits per heavy atom. The van der Waals surface area contributed by atoms with Gasteiger partial charge in [-0.2, -0.15) is 0 Å². The standard InChI is InChI=1S/C27H24N2O3/c30-27(24-12-14-25(15-13-24)32-26-7-4-16-28-18-26)29-17-21-8-10-23(11-9-21)20-31-19-22-5-2-1-3-6-22/h1-16,18H,17,19-20H2,(H,29,30). The molecular weight excluding hydrogens is 400 g/mol. The zero-order valence-corrected chi connectivity index (χ0v) is 17.6. The number of hydrogen-bond acceptors (Lipinski definition) is 4. The van der Waals surface area contributed by atoms with Crippen molar-refractivity contribution in [2.75, 3.05) is 0 Å². The van der Waals surface area contributed by atoms with Gasteiger partial charge in [0.05, 0.1) is 19.4 Å². The Hall–Kier alpha value is -3.96. The van der Waals surface area contributed by atoms with Gasteiger partial charge in [-0.25, -0.2) is 0 Å². The van der Waals surface area contributed by atoms with Crippen molar-refractivity contribution in [1.82, 2.24) is 10.3 Å². The van der Waals surface area contributed by atoms with Crippen LogP contribution in [0.5, 0.6) is 11.5 Å². The molecule has 1 N–H and O–H groups in total. The highest BCUT2D eigenvalue weighted by Gasteiger charge is 2.06. The highest BCUT2D eigenvalue weighted by Crippen LogP contribution is 2.20. The number of hydrogen-bond donors (Lipinski definition) is 1. The molecule has 32 heavy (non-hydrogen) atoms.